The zero-order chi connectivity index (χ0) is 14.7. The fourth-order valence-corrected chi connectivity index (χ4v) is 2.90. The van der Waals surface area contributed by atoms with Crippen LogP contribution in [-0.2, 0) is 4.79 Å². The molecule has 1 amide bonds. The van der Waals surface area contributed by atoms with Gasteiger partial charge in [0.15, 0.2) is 0 Å². The molecule has 118 valence electrons. The maximum absolute atomic E-state index is 12.1. The highest BCUT2D eigenvalue weighted by Crippen LogP contribution is 2.48. The van der Waals surface area contributed by atoms with Crippen molar-refractivity contribution in [3.8, 4) is 0 Å². The smallest absolute Gasteiger partial charge is 0.223 e. The molecule has 2 unspecified atom stereocenters. The molecule has 0 spiro atoms. The van der Waals surface area contributed by atoms with Crippen LogP contribution in [0.1, 0.15) is 24.3 Å². The van der Waals surface area contributed by atoms with Gasteiger partial charge in [-0.25, -0.2) is 0 Å². The summed E-state index contributed by atoms with van der Waals surface area (Å²) in [5.41, 5.74) is 1.30. The second-order valence-electron chi connectivity index (χ2n) is 5.80. The number of hydrogen-bond acceptors (Lipinski definition) is 2. The SMILES string of the molecule is CNCCCNC(=O)C1CC1c1ccc2ccccc2c1.Cl. The van der Waals surface area contributed by atoms with E-state index in [1.54, 1.807) is 0 Å². The molecule has 22 heavy (non-hydrogen) atoms. The topological polar surface area (TPSA) is 41.1 Å². The highest BCUT2D eigenvalue weighted by molar-refractivity contribution is 5.86. The molecule has 2 atom stereocenters. The summed E-state index contributed by atoms with van der Waals surface area (Å²) >= 11 is 0. The molecule has 2 aromatic rings. The van der Waals surface area contributed by atoms with Crippen LogP contribution >= 0.6 is 12.4 Å². The summed E-state index contributed by atoms with van der Waals surface area (Å²) in [5, 5.41) is 8.64. The van der Waals surface area contributed by atoms with Crippen molar-refractivity contribution in [1.82, 2.24) is 10.6 Å². The Kier molecular flexibility index (Phi) is 5.81. The zero-order valence-electron chi connectivity index (χ0n) is 12.8. The van der Waals surface area contributed by atoms with Gasteiger partial charge in [-0.2, -0.15) is 0 Å². The van der Waals surface area contributed by atoms with Crippen molar-refractivity contribution < 1.29 is 4.79 Å². The van der Waals surface area contributed by atoms with Crippen LogP contribution in [-0.4, -0.2) is 26.0 Å². The number of fused-ring (bicyclic) bond motifs is 1. The van der Waals surface area contributed by atoms with E-state index in [0.29, 0.717) is 5.92 Å². The first-order valence-corrected chi connectivity index (χ1v) is 7.70. The van der Waals surface area contributed by atoms with Gasteiger partial charge in [0.2, 0.25) is 5.91 Å². The highest BCUT2D eigenvalue weighted by Gasteiger charge is 2.43. The molecule has 1 aliphatic carbocycles. The van der Waals surface area contributed by atoms with E-state index >= 15 is 0 Å². The molecule has 2 aromatic carbocycles. The Bertz CT molecular complexity index is 644. The molecule has 3 rings (SSSR count). The van der Waals surface area contributed by atoms with Gasteiger partial charge < -0.3 is 10.6 Å². The van der Waals surface area contributed by atoms with Crippen LogP contribution < -0.4 is 10.6 Å². The van der Waals surface area contributed by atoms with Crippen molar-refractivity contribution >= 4 is 29.1 Å². The van der Waals surface area contributed by atoms with Crippen LogP contribution in [0.2, 0.25) is 0 Å². The Hall–Kier alpha value is -1.58. The van der Waals surface area contributed by atoms with Crippen molar-refractivity contribution in [3.05, 3.63) is 48.0 Å². The fraction of sp³-hybridized carbons (Fsp3) is 0.389. The van der Waals surface area contributed by atoms with Crippen LogP contribution in [0.25, 0.3) is 10.8 Å². The Morgan fingerprint density at radius 1 is 1.14 bits per heavy atom. The highest BCUT2D eigenvalue weighted by atomic mass is 35.5. The molecule has 0 bridgehead atoms. The third-order valence-electron chi connectivity index (χ3n) is 4.23. The van der Waals surface area contributed by atoms with E-state index in [1.165, 1.54) is 16.3 Å². The molecule has 0 aromatic heterocycles. The van der Waals surface area contributed by atoms with Gasteiger partial charge in [-0.05, 0) is 48.7 Å². The van der Waals surface area contributed by atoms with E-state index in [1.807, 2.05) is 7.05 Å². The lowest BCUT2D eigenvalue weighted by atomic mass is 10.0. The van der Waals surface area contributed by atoms with E-state index in [9.17, 15) is 4.79 Å². The molecule has 0 radical (unpaired) electrons. The van der Waals surface area contributed by atoms with Crippen LogP contribution in [0.15, 0.2) is 42.5 Å². The Labute approximate surface area is 137 Å². The summed E-state index contributed by atoms with van der Waals surface area (Å²) in [4.78, 5) is 12.1. The number of benzene rings is 2. The number of nitrogens with one attached hydrogen (secondary N) is 2. The van der Waals surface area contributed by atoms with Gasteiger partial charge in [-0.1, -0.05) is 42.5 Å². The van der Waals surface area contributed by atoms with E-state index in [4.69, 9.17) is 0 Å². The largest absolute Gasteiger partial charge is 0.356 e. The van der Waals surface area contributed by atoms with Crippen LogP contribution in [0.5, 0.6) is 0 Å². The van der Waals surface area contributed by atoms with Crippen molar-refractivity contribution in [1.29, 1.82) is 0 Å². The number of carbonyl (C=O) groups excluding carboxylic acids is 1. The summed E-state index contributed by atoms with van der Waals surface area (Å²) in [6.45, 7) is 1.71. The summed E-state index contributed by atoms with van der Waals surface area (Å²) < 4.78 is 0. The standard InChI is InChI=1S/C18H22N2O.ClH/c1-19-9-4-10-20-18(21)17-12-16(17)15-8-7-13-5-2-3-6-14(13)11-15;/h2-3,5-8,11,16-17,19H,4,9-10,12H2,1H3,(H,20,21);1H. The lowest BCUT2D eigenvalue weighted by molar-refractivity contribution is -0.122. The second-order valence-corrected chi connectivity index (χ2v) is 5.80. The predicted molar refractivity (Wildman–Crippen MR) is 93.6 cm³/mol. The molecule has 1 aliphatic rings. The minimum absolute atomic E-state index is 0. The maximum Gasteiger partial charge on any atom is 0.223 e. The molecule has 1 fully saturated rings. The van der Waals surface area contributed by atoms with Gasteiger partial charge >= 0.3 is 0 Å². The van der Waals surface area contributed by atoms with Gasteiger partial charge in [0, 0.05) is 12.5 Å². The van der Waals surface area contributed by atoms with Crippen molar-refractivity contribution in [2.75, 3.05) is 20.1 Å². The van der Waals surface area contributed by atoms with E-state index in [2.05, 4.69) is 53.1 Å². The van der Waals surface area contributed by atoms with Crippen molar-refractivity contribution in [2.24, 2.45) is 5.92 Å². The first-order chi connectivity index (χ1) is 10.3. The zero-order valence-corrected chi connectivity index (χ0v) is 13.7. The van der Waals surface area contributed by atoms with E-state index in [0.717, 1.165) is 25.9 Å². The molecule has 0 heterocycles. The maximum atomic E-state index is 12.1. The number of halogens is 1. The lowest BCUT2D eigenvalue weighted by Gasteiger charge is -2.05. The minimum atomic E-state index is 0. The Balaban J connectivity index is 0.00000176. The molecule has 0 aliphatic heterocycles. The van der Waals surface area contributed by atoms with Crippen LogP contribution in [0.4, 0.5) is 0 Å². The average Bonchev–Trinajstić information content (AvgIpc) is 3.31. The summed E-state index contributed by atoms with van der Waals surface area (Å²) in [6.07, 6.45) is 1.96. The molecule has 2 N–H and O–H groups in total. The van der Waals surface area contributed by atoms with Crippen LogP contribution in [0.3, 0.4) is 0 Å². The number of hydrogen-bond donors (Lipinski definition) is 2. The fourth-order valence-electron chi connectivity index (χ4n) is 2.90. The molecular weight excluding hydrogens is 296 g/mol. The minimum Gasteiger partial charge on any atom is -0.356 e. The third kappa shape index (κ3) is 3.79. The second kappa shape index (κ2) is 7.61. The Morgan fingerprint density at radius 2 is 1.91 bits per heavy atom. The molecule has 4 heteroatoms. The molecule has 1 saturated carbocycles. The Morgan fingerprint density at radius 3 is 2.68 bits per heavy atom. The molecule has 0 saturated heterocycles. The van der Waals surface area contributed by atoms with Crippen molar-refractivity contribution in [3.63, 3.8) is 0 Å². The van der Waals surface area contributed by atoms with E-state index < -0.39 is 0 Å². The molecular formula is C18H23ClN2O. The normalized spacial score (nSPS) is 19.5. The molecule has 3 nitrogen and oxygen atoms in total. The van der Waals surface area contributed by atoms with Gasteiger partial charge in [-0.15, -0.1) is 12.4 Å². The summed E-state index contributed by atoms with van der Waals surface area (Å²) in [6, 6.07) is 14.9. The third-order valence-corrected chi connectivity index (χ3v) is 4.23. The van der Waals surface area contributed by atoms with Crippen molar-refractivity contribution in [2.45, 2.75) is 18.8 Å². The van der Waals surface area contributed by atoms with Crippen LogP contribution in [0, 0.1) is 5.92 Å². The van der Waals surface area contributed by atoms with Gasteiger partial charge in [0.05, 0.1) is 0 Å². The van der Waals surface area contributed by atoms with E-state index in [-0.39, 0.29) is 24.2 Å². The number of rotatable bonds is 6. The predicted octanol–water partition coefficient (Wildman–Crippen LogP) is 3.09. The lowest BCUT2D eigenvalue weighted by Crippen LogP contribution is -2.28. The quantitative estimate of drug-likeness (QED) is 0.804. The summed E-state index contributed by atoms with van der Waals surface area (Å²) in [7, 11) is 1.93. The number of amides is 1. The number of carbonyl (C=O) groups is 1. The first-order valence-electron chi connectivity index (χ1n) is 7.70. The van der Waals surface area contributed by atoms with Gasteiger partial charge in [-0.3, -0.25) is 4.79 Å². The average molecular weight is 319 g/mol. The summed E-state index contributed by atoms with van der Waals surface area (Å²) in [5.74, 6) is 0.781. The van der Waals surface area contributed by atoms with Gasteiger partial charge in [0.1, 0.15) is 0 Å². The first kappa shape index (κ1) is 16.8. The monoisotopic (exact) mass is 318 g/mol. The van der Waals surface area contributed by atoms with Gasteiger partial charge in [0.25, 0.3) is 0 Å².